The van der Waals surface area contributed by atoms with Gasteiger partial charge in [0, 0.05) is 25.9 Å². The Morgan fingerprint density at radius 1 is 1.00 bits per heavy atom. The third-order valence-corrected chi connectivity index (χ3v) is 4.94. The summed E-state index contributed by atoms with van der Waals surface area (Å²) < 4.78 is 16.7. The second-order valence-electron chi connectivity index (χ2n) is 8.61. The Balaban J connectivity index is 1.61. The molecule has 166 valence electrons. The Morgan fingerprint density at radius 2 is 1.65 bits per heavy atom. The zero-order valence-corrected chi connectivity index (χ0v) is 18.7. The number of rotatable bonds is 5. The molecule has 31 heavy (non-hydrogen) atoms. The first-order valence-corrected chi connectivity index (χ1v) is 10.8. The highest BCUT2D eigenvalue weighted by Gasteiger charge is 2.27. The number of hydrogen-bond donors (Lipinski definition) is 0. The molecule has 0 radical (unpaired) electrons. The van der Waals surface area contributed by atoms with Crippen molar-refractivity contribution in [3.05, 3.63) is 54.1 Å². The third-order valence-electron chi connectivity index (χ3n) is 4.94. The van der Waals surface area contributed by atoms with Gasteiger partial charge in [0.1, 0.15) is 17.5 Å². The molecular weight excluding hydrogens is 394 g/mol. The Labute approximate surface area is 184 Å². The first-order chi connectivity index (χ1) is 14.7. The van der Waals surface area contributed by atoms with E-state index in [-0.39, 0.29) is 18.2 Å². The van der Waals surface area contributed by atoms with E-state index in [0.29, 0.717) is 25.3 Å². The van der Waals surface area contributed by atoms with Gasteiger partial charge in [-0.25, -0.2) is 9.59 Å². The molecule has 1 fully saturated rings. The normalized spacial score (nSPS) is 14.8. The van der Waals surface area contributed by atoms with Crippen molar-refractivity contribution in [2.75, 3.05) is 19.7 Å². The lowest BCUT2D eigenvalue weighted by Crippen LogP contribution is -2.44. The van der Waals surface area contributed by atoms with Gasteiger partial charge in [0.25, 0.3) is 0 Å². The molecule has 0 aromatic heterocycles. The molecule has 6 nitrogen and oxygen atoms in total. The fourth-order valence-corrected chi connectivity index (χ4v) is 3.46. The van der Waals surface area contributed by atoms with E-state index in [2.05, 4.69) is 0 Å². The zero-order valence-electron chi connectivity index (χ0n) is 18.7. The van der Waals surface area contributed by atoms with Crippen molar-refractivity contribution >= 4 is 12.1 Å². The first-order valence-electron chi connectivity index (χ1n) is 10.8. The van der Waals surface area contributed by atoms with Gasteiger partial charge in [0.05, 0.1) is 12.2 Å². The van der Waals surface area contributed by atoms with Crippen LogP contribution in [0.4, 0.5) is 4.79 Å². The van der Waals surface area contributed by atoms with Gasteiger partial charge in [-0.3, -0.25) is 0 Å². The monoisotopic (exact) mass is 425 g/mol. The van der Waals surface area contributed by atoms with Gasteiger partial charge in [-0.1, -0.05) is 24.3 Å². The van der Waals surface area contributed by atoms with Gasteiger partial charge in [-0.05, 0) is 63.1 Å². The van der Waals surface area contributed by atoms with Crippen molar-refractivity contribution in [2.45, 2.75) is 52.2 Å². The lowest BCUT2D eigenvalue weighted by atomic mass is 10.0. The van der Waals surface area contributed by atoms with E-state index in [0.717, 1.165) is 29.7 Å². The van der Waals surface area contributed by atoms with E-state index in [1.165, 1.54) is 0 Å². The van der Waals surface area contributed by atoms with Crippen LogP contribution in [-0.2, 0) is 9.47 Å². The number of carbonyl (C=O) groups is 2. The lowest BCUT2D eigenvalue weighted by molar-refractivity contribution is 0.0126. The first kappa shape index (κ1) is 22.7. The molecule has 0 unspecified atom stereocenters. The summed E-state index contributed by atoms with van der Waals surface area (Å²) in [5.41, 5.74) is 1.93. The minimum absolute atomic E-state index is 0.0415. The highest BCUT2D eigenvalue weighted by atomic mass is 16.6. The predicted octanol–water partition coefficient (Wildman–Crippen LogP) is 5.31. The Bertz CT molecular complexity index is 910. The van der Waals surface area contributed by atoms with Gasteiger partial charge in [0.15, 0.2) is 0 Å². The van der Waals surface area contributed by atoms with Crippen molar-refractivity contribution in [1.82, 2.24) is 4.90 Å². The van der Waals surface area contributed by atoms with Crippen molar-refractivity contribution < 1.29 is 23.8 Å². The van der Waals surface area contributed by atoms with Crippen LogP contribution in [0.1, 0.15) is 50.9 Å². The minimum atomic E-state index is -0.491. The summed E-state index contributed by atoms with van der Waals surface area (Å²) in [6.45, 7) is 8.98. The Hall–Kier alpha value is -3.02. The van der Waals surface area contributed by atoms with Gasteiger partial charge in [-0.15, -0.1) is 0 Å². The van der Waals surface area contributed by atoms with Crippen LogP contribution in [0, 0.1) is 0 Å². The minimum Gasteiger partial charge on any atom is -0.490 e. The van der Waals surface area contributed by atoms with E-state index in [1.807, 2.05) is 63.2 Å². The number of nitrogens with zero attached hydrogens (tertiary/aromatic N) is 1. The molecule has 0 N–H and O–H groups in total. The zero-order chi connectivity index (χ0) is 22.4. The smallest absolute Gasteiger partial charge is 0.410 e. The molecule has 6 heteroatoms. The maximum Gasteiger partial charge on any atom is 0.410 e. The molecule has 1 aliphatic heterocycles. The summed E-state index contributed by atoms with van der Waals surface area (Å²) in [5, 5.41) is 0. The number of carbonyl (C=O) groups excluding carboxylic acids is 2. The highest BCUT2D eigenvalue weighted by molar-refractivity contribution is 5.91. The average molecular weight is 426 g/mol. The van der Waals surface area contributed by atoms with E-state index in [4.69, 9.17) is 14.2 Å². The topological polar surface area (TPSA) is 65.1 Å². The molecule has 0 saturated carbocycles. The second-order valence-corrected chi connectivity index (χ2v) is 8.61. The number of likely N-dealkylation sites (tertiary alicyclic amines) is 1. The SMILES string of the molecule is CCOC(=O)c1cccc(-c2cccc(OC3CCN(C(=O)OC(C)(C)C)CC3)c2)c1. The van der Waals surface area contributed by atoms with Crippen LogP contribution in [0.2, 0.25) is 0 Å². The summed E-state index contributed by atoms with van der Waals surface area (Å²) in [4.78, 5) is 26.0. The van der Waals surface area contributed by atoms with E-state index in [9.17, 15) is 9.59 Å². The standard InChI is InChI=1S/C25H31NO5/c1-5-29-23(27)20-10-6-8-18(16-20)19-9-7-11-22(17-19)30-21-12-14-26(15-13-21)24(28)31-25(2,3)4/h6-11,16-17,21H,5,12-15H2,1-4H3. The highest BCUT2D eigenvalue weighted by Crippen LogP contribution is 2.27. The largest absolute Gasteiger partial charge is 0.490 e. The lowest BCUT2D eigenvalue weighted by Gasteiger charge is -2.33. The molecule has 3 rings (SSSR count). The summed E-state index contributed by atoms with van der Waals surface area (Å²) in [7, 11) is 0. The van der Waals surface area contributed by atoms with Crippen LogP contribution in [0.15, 0.2) is 48.5 Å². The van der Waals surface area contributed by atoms with E-state index < -0.39 is 5.60 Å². The van der Waals surface area contributed by atoms with Crippen molar-refractivity contribution in [2.24, 2.45) is 0 Å². The van der Waals surface area contributed by atoms with Gasteiger partial charge in [-0.2, -0.15) is 0 Å². The van der Waals surface area contributed by atoms with Crippen LogP contribution in [0.3, 0.4) is 0 Å². The van der Waals surface area contributed by atoms with Gasteiger partial charge < -0.3 is 19.1 Å². The predicted molar refractivity (Wildman–Crippen MR) is 119 cm³/mol. The summed E-state index contributed by atoms with van der Waals surface area (Å²) in [5.74, 6) is 0.447. The van der Waals surface area contributed by atoms with E-state index in [1.54, 1.807) is 17.9 Å². The molecular formula is C25H31NO5. The van der Waals surface area contributed by atoms with Gasteiger partial charge in [0.2, 0.25) is 0 Å². The second kappa shape index (κ2) is 9.86. The maximum atomic E-state index is 12.2. The number of amides is 1. The number of hydrogen-bond acceptors (Lipinski definition) is 5. The molecule has 0 spiro atoms. The third kappa shape index (κ3) is 6.48. The molecule has 1 aliphatic rings. The fourth-order valence-electron chi connectivity index (χ4n) is 3.46. The Morgan fingerprint density at radius 3 is 2.29 bits per heavy atom. The number of piperidine rings is 1. The van der Waals surface area contributed by atoms with Crippen LogP contribution >= 0.6 is 0 Å². The average Bonchev–Trinajstić information content (AvgIpc) is 2.73. The number of ether oxygens (including phenoxy) is 3. The maximum absolute atomic E-state index is 12.2. The van der Waals surface area contributed by atoms with Crippen LogP contribution in [0.25, 0.3) is 11.1 Å². The van der Waals surface area contributed by atoms with E-state index >= 15 is 0 Å². The molecule has 1 saturated heterocycles. The Kier molecular flexibility index (Phi) is 7.21. The molecule has 0 bridgehead atoms. The molecule has 2 aromatic carbocycles. The summed E-state index contributed by atoms with van der Waals surface area (Å²) in [6.07, 6.45) is 1.28. The fraction of sp³-hybridized carbons (Fsp3) is 0.440. The van der Waals surface area contributed by atoms with Crippen molar-refractivity contribution in [3.8, 4) is 16.9 Å². The summed E-state index contributed by atoms with van der Waals surface area (Å²) >= 11 is 0. The van der Waals surface area contributed by atoms with Crippen LogP contribution in [-0.4, -0.2) is 48.4 Å². The van der Waals surface area contributed by atoms with Crippen LogP contribution in [0.5, 0.6) is 5.75 Å². The number of benzene rings is 2. The summed E-state index contributed by atoms with van der Waals surface area (Å²) in [6, 6.07) is 15.2. The van der Waals surface area contributed by atoms with Gasteiger partial charge >= 0.3 is 12.1 Å². The van der Waals surface area contributed by atoms with Crippen molar-refractivity contribution in [3.63, 3.8) is 0 Å². The molecule has 1 heterocycles. The van der Waals surface area contributed by atoms with Crippen LogP contribution < -0.4 is 4.74 Å². The quantitative estimate of drug-likeness (QED) is 0.608. The molecule has 1 amide bonds. The molecule has 0 aliphatic carbocycles. The molecule has 0 atom stereocenters. The number of esters is 1. The van der Waals surface area contributed by atoms with Crippen molar-refractivity contribution in [1.29, 1.82) is 0 Å². The molecule has 2 aromatic rings.